The summed E-state index contributed by atoms with van der Waals surface area (Å²) in [6.07, 6.45) is 3.38. The third kappa shape index (κ3) is 3.85. The van der Waals surface area contributed by atoms with Crippen LogP contribution in [-0.2, 0) is 9.47 Å². The maximum absolute atomic E-state index is 12.3. The van der Waals surface area contributed by atoms with Gasteiger partial charge in [0, 0.05) is 25.4 Å². The number of methoxy groups -OCH3 is 2. The monoisotopic (exact) mass is 437 g/mol. The molecule has 4 heterocycles. The van der Waals surface area contributed by atoms with Gasteiger partial charge < -0.3 is 25.3 Å². The lowest BCUT2D eigenvalue weighted by molar-refractivity contribution is -0.0189. The maximum Gasteiger partial charge on any atom is 0.340 e. The molecule has 1 aliphatic heterocycles. The quantitative estimate of drug-likeness (QED) is 0.558. The summed E-state index contributed by atoms with van der Waals surface area (Å²) in [5.74, 6) is 1.21. The first-order chi connectivity index (χ1) is 15.2. The normalized spacial score (nSPS) is 18.1. The Morgan fingerprint density at radius 2 is 1.97 bits per heavy atom. The highest BCUT2D eigenvalue weighted by molar-refractivity contribution is 5.93. The van der Waals surface area contributed by atoms with Crippen LogP contribution in [0.25, 0.3) is 10.8 Å². The molecule has 9 heteroatoms. The van der Waals surface area contributed by atoms with Crippen molar-refractivity contribution in [1.29, 1.82) is 0 Å². The molecule has 0 saturated heterocycles. The number of nitrogens with zero attached hydrogens (tertiary/aromatic N) is 3. The molecule has 32 heavy (non-hydrogen) atoms. The van der Waals surface area contributed by atoms with Gasteiger partial charge in [-0.3, -0.25) is 0 Å². The Labute approximate surface area is 186 Å². The zero-order chi connectivity index (χ0) is 23.0. The first-order valence-corrected chi connectivity index (χ1v) is 10.3. The summed E-state index contributed by atoms with van der Waals surface area (Å²) >= 11 is 0. The van der Waals surface area contributed by atoms with Crippen LogP contribution in [0.2, 0.25) is 0 Å². The molecular weight excluding hydrogens is 410 g/mol. The number of esters is 1. The zero-order valence-electron chi connectivity index (χ0n) is 18.8. The topological polar surface area (TPSA) is 121 Å². The Bertz CT molecular complexity index is 1180. The molecule has 3 aromatic heterocycles. The molecule has 4 rings (SSSR count). The van der Waals surface area contributed by atoms with Gasteiger partial charge in [-0.15, -0.1) is 0 Å². The number of hydrogen-bond acceptors (Lipinski definition) is 9. The van der Waals surface area contributed by atoms with E-state index < -0.39 is 5.60 Å². The van der Waals surface area contributed by atoms with Crippen molar-refractivity contribution in [3.05, 3.63) is 47.4 Å². The first kappa shape index (κ1) is 21.9. The molecule has 0 spiro atoms. The van der Waals surface area contributed by atoms with E-state index in [1.165, 1.54) is 0 Å². The summed E-state index contributed by atoms with van der Waals surface area (Å²) in [6.45, 7) is 6.12. The molecule has 168 valence electrons. The minimum atomic E-state index is -0.632. The fourth-order valence-electron chi connectivity index (χ4n) is 3.82. The zero-order valence-corrected chi connectivity index (χ0v) is 18.8. The molecular formula is C23H27N5O4. The van der Waals surface area contributed by atoms with Gasteiger partial charge in [-0.25, -0.2) is 19.7 Å². The highest BCUT2D eigenvalue weighted by atomic mass is 16.6. The summed E-state index contributed by atoms with van der Waals surface area (Å²) in [6, 6.07) is 4.99. The average Bonchev–Trinajstić information content (AvgIpc) is 2.76. The lowest BCUT2D eigenvalue weighted by Crippen LogP contribution is -2.39. The average molecular weight is 438 g/mol. The van der Waals surface area contributed by atoms with Crippen LogP contribution < -0.4 is 15.8 Å². The molecule has 0 aliphatic carbocycles. The SMILES string of the molecule is COC[C@H](N)c1cnc(OC)c2cnc(Nc3ccc4c(n3)[C@@H](C)C(C)(C)OC4=O)cc12. The smallest absolute Gasteiger partial charge is 0.340 e. The van der Waals surface area contributed by atoms with Gasteiger partial charge in [0.05, 0.1) is 36.4 Å². The van der Waals surface area contributed by atoms with Crippen molar-refractivity contribution in [3.63, 3.8) is 0 Å². The maximum atomic E-state index is 12.3. The minimum absolute atomic E-state index is 0.0597. The van der Waals surface area contributed by atoms with Crippen molar-refractivity contribution in [2.45, 2.75) is 38.3 Å². The van der Waals surface area contributed by atoms with E-state index in [0.717, 1.165) is 16.3 Å². The van der Waals surface area contributed by atoms with E-state index in [4.69, 9.17) is 24.9 Å². The predicted molar refractivity (Wildman–Crippen MR) is 120 cm³/mol. The number of ether oxygens (including phenoxy) is 3. The molecule has 2 atom stereocenters. The van der Waals surface area contributed by atoms with E-state index in [2.05, 4.69) is 15.3 Å². The predicted octanol–water partition coefficient (Wildman–Crippen LogP) is 3.48. The van der Waals surface area contributed by atoms with Crippen LogP contribution in [0.5, 0.6) is 5.88 Å². The number of cyclic esters (lactones) is 1. The highest BCUT2D eigenvalue weighted by Crippen LogP contribution is 2.38. The van der Waals surface area contributed by atoms with Gasteiger partial charge in [0.2, 0.25) is 5.88 Å². The molecule has 9 nitrogen and oxygen atoms in total. The van der Waals surface area contributed by atoms with Crippen LogP contribution in [0.4, 0.5) is 11.6 Å². The van der Waals surface area contributed by atoms with Crippen LogP contribution in [0, 0.1) is 0 Å². The van der Waals surface area contributed by atoms with Crippen LogP contribution in [0.1, 0.15) is 54.3 Å². The van der Waals surface area contributed by atoms with Crippen molar-refractivity contribution >= 4 is 28.4 Å². The number of carbonyl (C=O) groups excluding carboxylic acids is 1. The second-order valence-electron chi connectivity index (χ2n) is 8.37. The lowest BCUT2D eigenvalue weighted by Gasteiger charge is -2.36. The molecule has 0 saturated carbocycles. The standard InChI is InChI=1S/C23H27N5O4/c1-12-20-13(22(29)32-23(12,2)3)6-7-18(28-20)27-19-8-14-15(17(24)11-30-4)9-26-21(31-5)16(14)10-25-19/h6-10,12,17H,11,24H2,1-5H3,(H,25,27,28)/t12-,17+/m1/s1. The van der Waals surface area contributed by atoms with E-state index in [9.17, 15) is 4.79 Å². The number of carbonyl (C=O) groups is 1. The van der Waals surface area contributed by atoms with E-state index in [0.29, 0.717) is 35.4 Å². The number of hydrogen-bond donors (Lipinski definition) is 2. The number of nitrogens with two attached hydrogens (primary N) is 1. The van der Waals surface area contributed by atoms with Crippen molar-refractivity contribution in [2.75, 3.05) is 26.1 Å². The minimum Gasteiger partial charge on any atom is -0.481 e. The fourth-order valence-corrected chi connectivity index (χ4v) is 3.82. The molecule has 0 radical (unpaired) electrons. The first-order valence-electron chi connectivity index (χ1n) is 10.3. The fraction of sp³-hybridized carbons (Fsp3) is 0.391. The van der Waals surface area contributed by atoms with Gasteiger partial charge in [0.15, 0.2) is 0 Å². The van der Waals surface area contributed by atoms with Crippen molar-refractivity contribution < 1.29 is 19.0 Å². The molecule has 3 N–H and O–H groups in total. The Hall–Kier alpha value is -3.30. The second-order valence-corrected chi connectivity index (χ2v) is 8.37. The van der Waals surface area contributed by atoms with Gasteiger partial charge >= 0.3 is 5.97 Å². The van der Waals surface area contributed by atoms with Crippen LogP contribution in [-0.4, -0.2) is 47.3 Å². The van der Waals surface area contributed by atoms with Crippen LogP contribution in [0.15, 0.2) is 30.6 Å². The Balaban J connectivity index is 1.73. The van der Waals surface area contributed by atoms with E-state index in [1.807, 2.05) is 26.8 Å². The third-order valence-electron chi connectivity index (χ3n) is 5.91. The molecule has 0 unspecified atom stereocenters. The van der Waals surface area contributed by atoms with Crippen molar-refractivity contribution in [2.24, 2.45) is 5.73 Å². The van der Waals surface area contributed by atoms with Crippen LogP contribution in [0.3, 0.4) is 0 Å². The number of pyridine rings is 3. The lowest BCUT2D eigenvalue weighted by atomic mass is 9.84. The van der Waals surface area contributed by atoms with Crippen LogP contribution >= 0.6 is 0 Å². The Kier molecular flexibility index (Phi) is 5.70. The van der Waals surface area contributed by atoms with E-state index in [-0.39, 0.29) is 17.9 Å². The molecule has 0 bridgehead atoms. The highest BCUT2D eigenvalue weighted by Gasteiger charge is 2.40. The van der Waals surface area contributed by atoms with Gasteiger partial charge in [-0.2, -0.15) is 0 Å². The van der Waals surface area contributed by atoms with Gasteiger partial charge in [-0.05, 0) is 43.0 Å². The number of rotatable bonds is 6. The summed E-state index contributed by atoms with van der Waals surface area (Å²) in [4.78, 5) is 25.9. The number of fused-ring (bicyclic) bond motifs is 2. The summed E-state index contributed by atoms with van der Waals surface area (Å²) in [7, 11) is 3.17. The summed E-state index contributed by atoms with van der Waals surface area (Å²) in [5, 5.41) is 4.84. The largest absolute Gasteiger partial charge is 0.481 e. The number of aromatic nitrogens is 3. The van der Waals surface area contributed by atoms with E-state index >= 15 is 0 Å². The van der Waals surface area contributed by atoms with Gasteiger partial charge in [0.25, 0.3) is 0 Å². The molecule has 0 aromatic carbocycles. The molecule has 3 aromatic rings. The molecule has 0 fully saturated rings. The molecule has 0 amide bonds. The van der Waals surface area contributed by atoms with Crippen molar-refractivity contribution in [3.8, 4) is 5.88 Å². The summed E-state index contributed by atoms with van der Waals surface area (Å²) < 4.78 is 16.1. The Morgan fingerprint density at radius 1 is 1.19 bits per heavy atom. The van der Waals surface area contributed by atoms with Gasteiger partial charge in [-0.1, -0.05) is 6.92 Å². The Morgan fingerprint density at radius 3 is 2.69 bits per heavy atom. The van der Waals surface area contributed by atoms with Gasteiger partial charge in [0.1, 0.15) is 17.2 Å². The second kappa shape index (κ2) is 8.33. The van der Waals surface area contributed by atoms with E-state index in [1.54, 1.807) is 38.7 Å². The molecule has 1 aliphatic rings. The number of anilines is 2. The number of nitrogens with one attached hydrogen (secondary N) is 1. The third-order valence-corrected chi connectivity index (χ3v) is 5.91. The van der Waals surface area contributed by atoms with Crippen molar-refractivity contribution in [1.82, 2.24) is 15.0 Å². The summed E-state index contributed by atoms with van der Waals surface area (Å²) in [5.41, 5.74) is 7.67.